The van der Waals surface area contributed by atoms with Gasteiger partial charge in [-0.3, -0.25) is 0 Å². The normalized spacial score (nSPS) is 9.94. The van der Waals surface area contributed by atoms with Crippen molar-refractivity contribution in [2.45, 2.75) is 6.92 Å². The molecule has 2 aromatic rings. The molecule has 0 atom stereocenters. The van der Waals surface area contributed by atoms with Gasteiger partial charge in [-0.1, -0.05) is 24.4 Å². The maximum atomic E-state index is 5.51. The van der Waals surface area contributed by atoms with Gasteiger partial charge in [0.1, 0.15) is 10.8 Å². The second-order valence-corrected chi connectivity index (χ2v) is 4.23. The number of aryl methyl sites for hydroxylation is 1. The number of thiocarbonyl (C=S) groups is 1. The molecule has 0 unspecified atom stereocenters. The van der Waals surface area contributed by atoms with Crippen molar-refractivity contribution < 1.29 is 0 Å². The van der Waals surface area contributed by atoms with E-state index in [0.29, 0.717) is 4.99 Å². The molecule has 1 aromatic carbocycles. The maximum absolute atomic E-state index is 5.51. The van der Waals surface area contributed by atoms with Crippen LogP contribution in [0.3, 0.4) is 0 Å². The lowest BCUT2D eigenvalue weighted by Gasteiger charge is -2.06. The molecule has 0 fully saturated rings. The third-order valence-corrected chi connectivity index (χ3v) is 2.57. The monoisotopic (exact) mass is 243 g/mol. The number of aromatic nitrogens is 1. The molecule has 17 heavy (non-hydrogen) atoms. The van der Waals surface area contributed by atoms with E-state index in [4.69, 9.17) is 18.0 Å². The minimum atomic E-state index is 0.361. The predicted molar refractivity (Wildman–Crippen MR) is 74.6 cm³/mol. The van der Waals surface area contributed by atoms with Gasteiger partial charge >= 0.3 is 0 Å². The molecule has 0 bridgehead atoms. The minimum Gasteiger partial charge on any atom is -0.389 e. The minimum absolute atomic E-state index is 0.361. The fraction of sp³-hybridized carbons (Fsp3) is 0.0769. The quantitative estimate of drug-likeness (QED) is 0.814. The lowest BCUT2D eigenvalue weighted by atomic mass is 10.2. The molecule has 0 saturated carbocycles. The molecule has 0 amide bonds. The third kappa shape index (κ3) is 3.01. The molecule has 0 aliphatic rings. The Morgan fingerprint density at radius 1 is 1.29 bits per heavy atom. The number of pyridine rings is 1. The number of nitrogens with two attached hydrogens (primary N) is 1. The van der Waals surface area contributed by atoms with Gasteiger partial charge in [0.05, 0.1) is 0 Å². The smallest absolute Gasteiger partial charge is 0.130 e. The molecule has 3 N–H and O–H groups in total. The highest BCUT2D eigenvalue weighted by atomic mass is 32.1. The van der Waals surface area contributed by atoms with Crippen LogP contribution in [0, 0.1) is 6.92 Å². The van der Waals surface area contributed by atoms with Gasteiger partial charge in [0.2, 0.25) is 0 Å². The highest BCUT2D eigenvalue weighted by Crippen LogP contribution is 2.15. The van der Waals surface area contributed by atoms with Crippen molar-refractivity contribution in [3.63, 3.8) is 0 Å². The number of rotatable bonds is 3. The van der Waals surface area contributed by atoms with Crippen LogP contribution in [0.1, 0.15) is 11.1 Å². The van der Waals surface area contributed by atoms with Gasteiger partial charge in [-0.05, 0) is 36.8 Å². The lowest BCUT2D eigenvalue weighted by Crippen LogP contribution is -2.09. The number of hydrogen-bond acceptors (Lipinski definition) is 3. The molecule has 3 nitrogen and oxygen atoms in total. The molecule has 86 valence electrons. The highest BCUT2D eigenvalue weighted by molar-refractivity contribution is 7.80. The summed E-state index contributed by atoms with van der Waals surface area (Å²) in [6.07, 6.45) is 1.67. The standard InChI is InChI=1S/C13H13N3S/c1-9-3-2-4-11(7-9)16-12-6-5-10(8-15-12)13(14)17/h2-8H,1H3,(H2,14,17)(H,15,16). The van der Waals surface area contributed by atoms with Crippen molar-refractivity contribution in [3.8, 4) is 0 Å². The summed E-state index contributed by atoms with van der Waals surface area (Å²) in [5, 5.41) is 3.22. The highest BCUT2D eigenvalue weighted by Gasteiger charge is 1.99. The summed E-state index contributed by atoms with van der Waals surface area (Å²) >= 11 is 4.87. The Morgan fingerprint density at radius 3 is 2.71 bits per heavy atom. The first-order chi connectivity index (χ1) is 8.15. The SMILES string of the molecule is Cc1cccc(Nc2ccc(C(N)=S)cn2)c1. The Bertz CT molecular complexity index is 535. The zero-order valence-electron chi connectivity index (χ0n) is 9.47. The molecule has 1 heterocycles. The average molecular weight is 243 g/mol. The largest absolute Gasteiger partial charge is 0.389 e. The van der Waals surface area contributed by atoms with Crippen LogP contribution in [0.25, 0.3) is 0 Å². The van der Waals surface area contributed by atoms with E-state index in [1.54, 1.807) is 6.20 Å². The summed E-state index contributed by atoms with van der Waals surface area (Å²) in [6.45, 7) is 2.05. The molecule has 1 aromatic heterocycles. The molecular weight excluding hydrogens is 230 g/mol. The predicted octanol–water partition coefficient (Wildman–Crippen LogP) is 2.77. The van der Waals surface area contributed by atoms with Gasteiger partial charge in [-0.25, -0.2) is 4.98 Å². The van der Waals surface area contributed by atoms with E-state index < -0.39 is 0 Å². The summed E-state index contributed by atoms with van der Waals surface area (Å²) in [6, 6.07) is 11.8. The first kappa shape index (κ1) is 11.5. The Labute approximate surface area is 106 Å². The summed E-state index contributed by atoms with van der Waals surface area (Å²) in [5.41, 5.74) is 8.50. The van der Waals surface area contributed by atoms with Gasteiger partial charge in [-0.2, -0.15) is 0 Å². The number of anilines is 2. The van der Waals surface area contributed by atoms with Crippen LogP contribution in [0.15, 0.2) is 42.6 Å². The zero-order chi connectivity index (χ0) is 12.3. The number of nitrogens with zero attached hydrogens (tertiary/aromatic N) is 1. The van der Waals surface area contributed by atoms with Crippen LogP contribution >= 0.6 is 12.2 Å². The molecule has 0 saturated heterocycles. The Kier molecular flexibility index (Phi) is 3.35. The van der Waals surface area contributed by atoms with E-state index in [2.05, 4.69) is 29.4 Å². The fourth-order valence-electron chi connectivity index (χ4n) is 1.48. The van der Waals surface area contributed by atoms with Crippen molar-refractivity contribution >= 4 is 28.7 Å². The Morgan fingerprint density at radius 2 is 2.12 bits per heavy atom. The molecule has 2 rings (SSSR count). The van der Waals surface area contributed by atoms with Gasteiger partial charge in [-0.15, -0.1) is 0 Å². The van der Waals surface area contributed by atoms with Crippen LogP contribution in [-0.4, -0.2) is 9.97 Å². The number of hydrogen-bond donors (Lipinski definition) is 2. The average Bonchev–Trinajstić information content (AvgIpc) is 2.29. The zero-order valence-corrected chi connectivity index (χ0v) is 10.3. The van der Waals surface area contributed by atoms with Gasteiger partial charge in [0, 0.05) is 17.4 Å². The lowest BCUT2D eigenvalue weighted by molar-refractivity contribution is 1.29. The van der Waals surface area contributed by atoms with Gasteiger partial charge in [0.25, 0.3) is 0 Å². The molecular formula is C13H13N3S. The Hall–Kier alpha value is -1.94. The van der Waals surface area contributed by atoms with Crippen LogP contribution in [0.5, 0.6) is 0 Å². The molecule has 0 radical (unpaired) electrons. The summed E-state index contributed by atoms with van der Waals surface area (Å²) in [5.74, 6) is 0.774. The summed E-state index contributed by atoms with van der Waals surface area (Å²) in [4.78, 5) is 4.61. The van der Waals surface area contributed by atoms with Crippen LogP contribution in [0.2, 0.25) is 0 Å². The van der Waals surface area contributed by atoms with Crippen LogP contribution < -0.4 is 11.1 Å². The first-order valence-electron chi connectivity index (χ1n) is 5.25. The molecule has 0 aliphatic carbocycles. The van der Waals surface area contributed by atoms with E-state index in [-0.39, 0.29) is 0 Å². The van der Waals surface area contributed by atoms with Crippen molar-refractivity contribution in [1.82, 2.24) is 4.98 Å². The van der Waals surface area contributed by atoms with E-state index in [1.807, 2.05) is 24.3 Å². The first-order valence-corrected chi connectivity index (χ1v) is 5.65. The topological polar surface area (TPSA) is 50.9 Å². The molecule has 4 heteroatoms. The van der Waals surface area contributed by atoms with E-state index >= 15 is 0 Å². The molecule has 0 aliphatic heterocycles. The van der Waals surface area contributed by atoms with Crippen molar-refractivity contribution in [1.29, 1.82) is 0 Å². The Balaban J connectivity index is 2.16. The van der Waals surface area contributed by atoms with Gasteiger partial charge < -0.3 is 11.1 Å². The summed E-state index contributed by atoms with van der Waals surface area (Å²) < 4.78 is 0. The second-order valence-electron chi connectivity index (χ2n) is 3.79. The van der Waals surface area contributed by atoms with Crippen molar-refractivity contribution in [2.24, 2.45) is 5.73 Å². The van der Waals surface area contributed by atoms with Crippen LogP contribution in [-0.2, 0) is 0 Å². The van der Waals surface area contributed by atoms with E-state index in [0.717, 1.165) is 17.1 Å². The van der Waals surface area contributed by atoms with Gasteiger partial charge in [0.15, 0.2) is 0 Å². The van der Waals surface area contributed by atoms with E-state index in [9.17, 15) is 0 Å². The maximum Gasteiger partial charge on any atom is 0.130 e. The second kappa shape index (κ2) is 4.93. The van der Waals surface area contributed by atoms with Crippen molar-refractivity contribution in [2.75, 3.05) is 5.32 Å². The molecule has 0 spiro atoms. The number of nitrogens with one attached hydrogen (secondary N) is 1. The third-order valence-electron chi connectivity index (χ3n) is 2.34. The summed E-state index contributed by atoms with van der Waals surface area (Å²) in [7, 11) is 0. The fourth-order valence-corrected chi connectivity index (χ4v) is 1.61. The number of benzene rings is 1. The van der Waals surface area contributed by atoms with Crippen molar-refractivity contribution in [3.05, 3.63) is 53.7 Å². The van der Waals surface area contributed by atoms with Crippen LogP contribution in [0.4, 0.5) is 11.5 Å². The van der Waals surface area contributed by atoms with E-state index in [1.165, 1.54) is 5.56 Å².